The Bertz CT molecular complexity index is 6440. The molecule has 0 spiro atoms. The predicted octanol–water partition coefficient (Wildman–Crippen LogP) is 22.7. The minimum Gasteiger partial charge on any atom is -0.497 e. The Balaban J connectivity index is 0.000000118. The van der Waals surface area contributed by atoms with Crippen LogP contribution < -0.4 is 41.8 Å². The van der Waals surface area contributed by atoms with Crippen LogP contribution in [0.25, 0.3) is 75.8 Å². The Morgan fingerprint density at radius 2 is 0.736 bits per heavy atom. The van der Waals surface area contributed by atoms with E-state index in [1.165, 1.54) is 34.9 Å². The van der Waals surface area contributed by atoms with E-state index < -0.39 is 11.6 Å². The minimum absolute atomic E-state index is 0.113. The molecule has 33 heteroatoms. The molecule has 0 aliphatic heterocycles. The lowest BCUT2D eigenvalue weighted by Crippen LogP contribution is -2.01. The zero-order chi connectivity index (χ0) is 82.6. The van der Waals surface area contributed by atoms with E-state index in [9.17, 15) is 8.78 Å². The molecule has 0 radical (unpaired) electrons. The van der Waals surface area contributed by atoms with Crippen LogP contribution >= 0.6 is 68.4 Å². The number of nitrogens with two attached hydrogens (primary N) is 1. The van der Waals surface area contributed by atoms with E-state index in [1.807, 2.05) is 197 Å². The summed E-state index contributed by atoms with van der Waals surface area (Å²) in [7, 11) is 1.67. The Morgan fingerprint density at radius 3 is 1.18 bits per heavy atom. The fourth-order valence-electron chi connectivity index (χ4n) is 11.0. The van der Waals surface area contributed by atoms with Crippen molar-refractivity contribution in [3.8, 4) is 93.0 Å². The Labute approximate surface area is 716 Å². The topological polar surface area (TPSA) is 324 Å². The number of anilines is 11. The number of nitrogen functional groups attached to an aromatic ring is 1. The molecular formula is C88H65F2N23O2S6. The summed E-state index contributed by atoms with van der Waals surface area (Å²) in [6, 6.07) is 71.8. The first-order valence-corrected chi connectivity index (χ1v) is 41.8. The number of nitrogens with one attached hydrogen (secondary N) is 5. The predicted molar refractivity (Wildman–Crippen MR) is 479 cm³/mol. The average molecular weight is 1710 g/mol. The summed E-state index contributed by atoms with van der Waals surface area (Å²) < 4.78 is 38.2. The number of thiazole rings is 5. The highest BCUT2D eigenvalue weighted by molar-refractivity contribution is 7.99. The van der Waals surface area contributed by atoms with Gasteiger partial charge in [-0.1, -0.05) is 96.7 Å². The Morgan fingerprint density at radius 1 is 0.322 bits per heavy atom. The molecule has 0 saturated heterocycles. The van der Waals surface area contributed by atoms with Gasteiger partial charge in [-0.2, -0.15) is 0 Å². The summed E-state index contributed by atoms with van der Waals surface area (Å²) in [5.41, 5.74) is 17.0. The molecule has 0 amide bonds. The smallest absolute Gasteiger partial charge is 0.228 e. The number of benzene rings is 7. The van der Waals surface area contributed by atoms with Gasteiger partial charge >= 0.3 is 0 Å². The summed E-state index contributed by atoms with van der Waals surface area (Å²) in [5, 5.41) is 30.1. The van der Waals surface area contributed by atoms with Crippen molar-refractivity contribution in [3.63, 3.8) is 0 Å². The summed E-state index contributed by atoms with van der Waals surface area (Å²) in [6.45, 7) is 0. The number of halogens is 2. The first-order valence-electron chi connectivity index (χ1n) is 36.6. The third-order valence-electron chi connectivity index (χ3n) is 16.5. The van der Waals surface area contributed by atoms with Gasteiger partial charge < -0.3 is 41.8 Å². The van der Waals surface area contributed by atoms with Crippen molar-refractivity contribution in [2.24, 2.45) is 0 Å². The van der Waals surface area contributed by atoms with Gasteiger partial charge in [0.25, 0.3) is 0 Å². The largest absolute Gasteiger partial charge is 0.497 e. The van der Waals surface area contributed by atoms with E-state index in [2.05, 4.69) is 148 Å². The molecule has 12 heterocycles. The Kier molecular flexibility index (Phi) is 27.6. The number of rotatable bonds is 22. The Hall–Kier alpha value is -15.0. The van der Waals surface area contributed by atoms with Gasteiger partial charge in [-0.3, -0.25) is 4.98 Å². The molecule has 594 valence electrons. The van der Waals surface area contributed by atoms with E-state index in [-0.39, 0.29) is 11.6 Å². The molecular weight excluding hydrogens is 1640 g/mol. The first-order chi connectivity index (χ1) is 59.6. The van der Waals surface area contributed by atoms with E-state index in [0.717, 1.165) is 110 Å². The maximum Gasteiger partial charge on any atom is 0.228 e. The second-order valence-electron chi connectivity index (χ2n) is 24.8. The fraction of sp³-hybridized carbons (Fsp3) is 0.0114. The van der Waals surface area contributed by atoms with Crippen LogP contribution in [0.5, 0.6) is 17.2 Å². The van der Waals surface area contributed by atoms with E-state index >= 15 is 0 Å². The van der Waals surface area contributed by atoms with E-state index in [1.54, 1.807) is 127 Å². The SMILES string of the molecule is COc1ccc(-c2cccc(Nc3nccc(-c4nccs4)n3)c2)cc1.Fc1cccc(F)c1Nc1nccc(-c2nccs2)n1.Nc1cccc(Oc2cccc(Nc3nccc(-c4nccs4)n3)c2)c1.c1ccc(Sc2cccc(Nc3nccc(-c4nccs4)n3)n2)cc1.c1cncc(-c2cccc(Nc3nccc(-c4nccs4)n3)c2)c1. The van der Waals surface area contributed by atoms with Crippen LogP contribution in [0, 0.1) is 11.6 Å². The number of methoxy groups -OCH3 is 1. The standard InChI is InChI=1S/C20H16N4OS.C19H15N5OS.C18H13N5S2.C18H13N5S.C13H8F2N4S/c1-25-17-7-5-14(6-8-17)15-3-2-4-16(13-15)23-20-22-10-9-18(24-20)19-21-11-12-26-19;20-13-3-1-5-15(11-13)25-16-6-2-4-14(12-16)23-19-22-8-7-17(24-19)18-21-9-10-26-18;1-2-5-13(6-3-1)25-16-8-4-7-15(22-16)23-18-20-10-9-14(21-18)17-19-11-12-24-17;1-3-13(14-4-2-7-19-12-14)11-15(5-1)22-18-21-8-6-16(23-18)17-20-9-10-24-17;14-8-2-1-3-9(15)11(8)19-13-17-5-4-10(18-13)12-16-6-7-20-12/h2-13H,1H3,(H,22,23,24);1-12H,20H2,(H,22,23,24);1-12H,(H,20,21,22,23);1-12H,(H,21,22,23);1-7H,(H,17,18,19). The molecule has 0 aliphatic rings. The van der Waals surface area contributed by atoms with Gasteiger partial charge in [-0.15, -0.1) is 56.7 Å². The molecule has 0 saturated carbocycles. The van der Waals surface area contributed by atoms with Crippen molar-refractivity contribution in [2.75, 3.05) is 39.4 Å². The lowest BCUT2D eigenvalue weighted by molar-refractivity contribution is 0.415. The molecule has 121 heavy (non-hydrogen) atoms. The number of ether oxygens (including phenoxy) is 2. The van der Waals surface area contributed by atoms with Crippen LogP contribution in [-0.2, 0) is 0 Å². The lowest BCUT2D eigenvalue weighted by Gasteiger charge is -2.09. The van der Waals surface area contributed by atoms with Crippen LogP contribution in [0.2, 0.25) is 0 Å². The molecule has 0 bridgehead atoms. The lowest BCUT2D eigenvalue weighted by atomic mass is 10.1. The van der Waals surface area contributed by atoms with Crippen molar-refractivity contribution >= 4 is 132 Å². The van der Waals surface area contributed by atoms with Crippen LogP contribution in [0.4, 0.5) is 72.8 Å². The van der Waals surface area contributed by atoms with Crippen molar-refractivity contribution in [1.29, 1.82) is 0 Å². The van der Waals surface area contributed by atoms with Gasteiger partial charge in [0.1, 0.15) is 98.9 Å². The van der Waals surface area contributed by atoms with E-state index in [4.69, 9.17) is 15.2 Å². The number of nitrogens with zero attached hydrogens (tertiary/aromatic N) is 17. The fourth-order valence-corrected chi connectivity index (χ4v) is 14.9. The second kappa shape index (κ2) is 41.2. The van der Waals surface area contributed by atoms with Gasteiger partial charge in [0.05, 0.1) is 7.11 Å². The second-order valence-corrected chi connectivity index (χ2v) is 30.4. The highest BCUT2D eigenvalue weighted by Gasteiger charge is 2.15. The quantitative estimate of drug-likeness (QED) is 0.0343. The monoisotopic (exact) mass is 1710 g/mol. The molecule has 0 unspecified atom stereocenters. The normalized spacial score (nSPS) is 10.5. The summed E-state index contributed by atoms with van der Waals surface area (Å²) in [4.78, 5) is 74.5. The van der Waals surface area contributed by atoms with Crippen LogP contribution in [0.1, 0.15) is 0 Å². The molecule has 19 aromatic rings. The number of pyridine rings is 2. The molecule has 19 rings (SSSR count). The molecule has 0 atom stereocenters. The van der Waals surface area contributed by atoms with E-state index in [0.29, 0.717) is 57.5 Å². The number of hydrogen-bond donors (Lipinski definition) is 6. The molecule has 7 N–H and O–H groups in total. The third kappa shape index (κ3) is 23.4. The highest BCUT2D eigenvalue weighted by Crippen LogP contribution is 2.34. The maximum absolute atomic E-state index is 13.5. The summed E-state index contributed by atoms with van der Waals surface area (Å²) >= 11 is 9.23. The van der Waals surface area contributed by atoms with Gasteiger partial charge in [0, 0.05) is 147 Å². The number of aromatic nitrogens is 17. The molecule has 0 fully saturated rings. The van der Waals surface area contributed by atoms with Crippen molar-refractivity contribution in [3.05, 3.63) is 343 Å². The molecule has 12 aromatic heterocycles. The maximum atomic E-state index is 13.5. The van der Waals surface area contributed by atoms with Crippen LogP contribution in [0.15, 0.2) is 342 Å². The number of hydrogen-bond acceptors (Lipinski definition) is 31. The van der Waals surface area contributed by atoms with Gasteiger partial charge in [-0.05, 0) is 150 Å². The third-order valence-corrected chi connectivity index (χ3v) is 21.4. The zero-order valence-corrected chi connectivity index (χ0v) is 68.4. The summed E-state index contributed by atoms with van der Waals surface area (Å²) in [5.74, 6) is 3.73. The first kappa shape index (κ1) is 81.2. The molecule has 7 aromatic carbocycles. The average Bonchev–Trinajstić information content (AvgIpc) is 1.73. The molecule has 0 aliphatic carbocycles. The van der Waals surface area contributed by atoms with Crippen molar-refractivity contribution < 1.29 is 18.3 Å². The number of para-hydroxylation sites is 1. The van der Waals surface area contributed by atoms with Gasteiger partial charge in [-0.25, -0.2) is 88.5 Å². The van der Waals surface area contributed by atoms with Gasteiger partial charge in [0.15, 0.2) is 0 Å². The van der Waals surface area contributed by atoms with Crippen LogP contribution in [-0.4, -0.2) is 91.8 Å². The zero-order valence-electron chi connectivity index (χ0n) is 63.5. The van der Waals surface area contributed by atoms with Crippen molar-refractivity contribution in [2.45, 2.75) is 9.92 Å². The highest BCUT2D eigenvalue weighted by atomic mass is 32.2. The van der Waals surface area contributed by atoms with Crippen LogP contribution in [0.3, 0.4) is 0 Å². The molecule has 25 nitrogen and oxygen atoms in total. The van der Waals surface area contributed by atoms with Crippen molar-refractivity contribution in [1.82, 2.24) is 84.7 Å². The minimum atomic E-state index is -0.701. The van der Waals surface area contributed by atoms with Gasteiger partial charge in [0.2, 0.25) is 29.7 Å². The summed E-state index contributed by atoms with van der Waals surface area (Å²) in [6.07, 6.45) is 20.7.